The molecule has 0 aliphatic carbocycles. The Kier molecular flexibility index (Phi) is 3.00. The number of para-hydroxylation sites is 1. The maximum absolute atomic E-state index is 11.5. The Balaban J connectivity index is 2.02. The van der Waals surface area contributed by atoms with Crippen LogP contribution in [-0.2, 0) is 0 Å². The molecule has 2 heterocycles. The van der Waals surface area contributed by atoms with Crippen LogP contribution in [0.4, 0.5) is 0 Å². The van der Waals surface area contributed by atoms with Gasteiger partial charge in [-0.05, 0) is 28.1 Å². The van der Waals surface area contributed by atoms with Gasteiger partial charge in [-0.1, -0.05) is 18.2 Å². The van der Waals surface area contributed by atoms with Gasteiger partial charge in [-0.3, -0.25) is 4.79 Å². The van der Waals surface area contributed by atoms with Crippen molar-refractivity contribution in [2.75, 3.05) is 0 Å². The third-order valence-electron chi connectivity index (χ3n) is 2.63. The van der Waals surface area contributed by atoms with Gasteiger partial charge in [0.2, 0.25) is 0 Å². The predicted molar refractivity (Wildman–Crippen MR) is 75.1 cm³/mol. The van der Waals surface area contributed by atoms with Crippen LogP contribution in [-0.4, -0.2) is 19.7 Å². The first kappa shape index (κ1) is 11.9. The topological polar surface area (TPSA) is 63.6 Å². The summed E-state index contributed by atoms with van der Waals surface area (Å²) in [5.41, 5.74) is 1.50. The van der Waals surface area contributed by atoms with Crippen LogP contribution in [0.5, 0.6) is 0 Å². The lowest BCUT2D eigenvalue weighted by Crippen LogP contribution is -2.08. The number of aromatic nitrogens is 4. The maximum atomic E-state index is 11.5. The maximum Gasteiger partial charge on any atom is 0.265 e. The third kappa shape index (κ3) is 2.34. The highest BCUT2D eigenvalue weighted by atomic mass is 79.9. The van der Waals surface area contributed by atoms with E-state index in [1.807, 2.05) is 36.5 Å². The number of aromatic amines is 1. The van der Waals surface area contributed by atoms with Gasteiger partial charge in [0.25, 0.3) is 5.56 Å². The molecule has 19 heavy (non-hydrogen) atoms. The second-order valence-electron chi connectivity index (χ2n) is 3.92. The molecule has 0 saturated carbocycles. The van der Waals surface area contributed by atoms with Gasteiger partial charge in [-0.2, -0.15) is 5.10 Å². The van der Waals surface area contributed by atoms with Crippen LogP contribution >= 0.6 is 15.9 Å². The summed E-state index contributed by atoms with van der Waals surface area (Å²) in [5, 5.41) is 4.26. The van der Waals surface area contributed by atoms with E-state index in [0.717, 1.165) is 11.3 Å². The van der Waals surface area contributed by atoms with Crippen LogP contribution in [0, 0.1) is 0 Å². The number of rotatable bonds is 2. The van der Waals surface area contributed by atoms with E-state index in [2.05, 4.69) is 31.0 Å². The number of nitrogens with one attached hydrogen (secondary N) is 1. The second kappa shape index (κ2) is 4.81. The zero-order valence-corrected chi connectivity index (χ0v) is 11.3. The fraction of sp³-hybridized carbons (Fsp3) is 0. The number of H-pyrrole nitrogens is 1. The van der Waals surface area contributed by atoms with Gasteiger partial charge in [0.05, 0.1) is 17.4 Å². The molecule has 6 heteroatoms. The summed E-state index contributed by atoms with van der Waals surface area (Å²) < 4.78 is 2.14. The largest absolute Gasteiger partial charge is 0.305 e. The van der Waals surface area contributed by atoms with E-state index < -0.39 is 0 Å². The molecule has 0 spiro atoms. The zero-order chi connectivity index (χ0) is 13.2. The van der Waals surface area contributed by atoms with Gasteiger partial charge >= 0.3 is 0 Å². The number of hydrogen-bond acceptors (Lipinski definition) is 3. The molecular formula is C13H9BrN4O. The lowest BCUT2D eigenvalue weighted by molar-refractivity contribution is 0.880. The van der Waals surface area contributed by atoms with Crippen LogP contribution in [0.2, 0.25) is 0 Å². The lowest BCUT2D eigenvalue weighted by Gasteiger charge is -1.99. The van der Waals surface area contributed by atoms with Crippen molar-refractivity contribution in [1.82, 2.24) is 19.7 Å². The molecule has 0 aliphatic heterocycles. The minimum atomic E-state index is -0.211. The predicted octanol–water partition coefficient (Wildman–Crippen LogP) is 2.39. The summed E-state index contributed by atoms with van der Waals surface area (Å²) in [5.74, 6) is 0.496. The number of halogens is 1. The third-order valence-corrected chi connectivity index (χ3v) is 3.20. The van der Waals surface area contributed by atoms with E-state index >= 15 is 0 Å². The van der Waals surface area contributed by atoms with Crippen molar-refractivity contribution < 1.29 is 0 Å². The van der Waals surface area contributed by atoms with E-state index in [9.17, 15) is 4.79 Å². The zero-order valence-electron chi connectivity index (χ0n) is 9.75. The Morgan fingerprint density at radius 2 is 1.95 bits per heavy atom. The Labute approximate surface area is 117 Å². The van der Waals surface area contributed by atoms with Gasteiger partial charge in [-0.15, -0.1) is 0 Å². The second-order valence-corrected chi connectivity index (χ2v) is 4.77. The van der Waals surface area contributed by atoms with Crippen molar-refractivity contribution >= 4 is 15.9 Å². The normalized spacial score (nSPS) is 10.6. The highest BCUT2D eigenvalue weighted by Gasteiger charge is 2.06. The van der Waals surface area contributed by atoms with E-state index in [0.29, 0.717) is 10.3 Å². The molecule has 1 aromatic carbocycles. The fourth-order valence-electron chi connectivity index (χ4n) is 1.69. The number of hydrogen-bond donors (Lipinski definition) is 1. The molecule has 3 aromatic rings. The smallest absolute Gasteiger partial charge is 0.265 e. The molecule has 0 saturated heterocycles. The van der Waals surface area contributed by atoms with Gasteiger partial charge in [0.1, 0.15) is 10.3 Å². The Bertz CT molecular complexity index is 764. The van der Waals surface area contributed by atoms with E-state index in [1.54, 1.807) is 10.9 Å². The molecule has 0 radical (unpaired) electrons. The van der Waals surface area contributed by atoms with Crippen LogP contribution in [0.1, 0.15) is 0 Å². The number of benzene rings is 1. The van der Waals surface area contributed by atoms with E-state index in [4.69, 9.17) is 0 Å². The Morgan fingerprint density at radius 1 is 1.16 bits per heavy atom. The minimum Gasteiger partial charge on any atom is -0.305 e. The van der Waals surface area contributed by atoms with Gasteiger partial charge < -0.3 is 4.98 Å². The highest BCUT2D eigenvalue weighted by Crippen LogP contribution is 2.15. The first-order valence-corrected chi connectivity index (χ1v) is 6.38. The average Bonchev–Trinajstić information content (AvgIpc) is 2.93. The molecule has 0 aliphatic rings. The average molecular weight is 317 g/mol. The van der Waals surface area contributed by atoms with Crippen LogP contribution in [0.3, 0.4) is 0 Å². The first-order chi connectivity index (χ1) is 9.24. The first-order valence-electron chi connectivity index (χ1n) is 5.59. The van der Waals surface area contributed by atoms with Crippen LogP contribution in [0.25, 0.3) is 17.1 Å². The van der Waals surface area contributed by atoms with Crippen LogP contribution in [0.15, 0.2) is 58.2 Å². The van der Waals surface area contributed by atoms with Crippen LogP contribution < -0.4 is 5.56 Å². The standard InChI is InChI=1S/C13H9BrN4O/c14-11-7-15-12(17-13(11)19)9-6-16-18(8-9)10-4-2-1-3-5-10/h1-8H,(H,15,17,19). The molecule has 0 fully saturated rings. The molecular weight excluding hydrogens is 308 g/mol. The summed E-state index contributed by atoms with van der Waals surface area (Å²) in [7, 11) is 0. The summed E-state index contributed by atoms with van der Waals surface area (Å²) in [4.78, 5) is 18.4. The highest BCUT2D eigenvalue weighted by molar-refractivity contribution is 9.10. The molecule has 0 atom stereocenters. The SMILES string of the molecule is O=c1[nH]c(-c2cnn(-c3ccccc3)c2)ncc1Br. The summed E-state index contributed by atoms with van der Waals surface area (Å²) >= 11 is 3.12. The summed E-state index contributed by atoms with van der Waals surface area (Å²) in [6.07, 6.45) is 4.97. The monoisotopic (exact) mass is 316 g/mol. The van der Waals surface area contributed by atoms with Crippen molar-refractivity contribution in [2.24, 2.45) is 0 Å². The molecule has 1 N–H and O–H groups in total. The molecule has 94 valence electrons. The lowest BCUT2D eigenvalue weighted by atomic mass is 10.3. The van der Waals surface area contributed by atoms with Crippen molar-refractivity contribution in [1.29, 1.82) is 0 Å². The molecule has 0 unspecified atom stereocenters. The Morgan fingerprint density at radius 3 is 2.68 bits per heavy atom. The minimum absolute atomic E-state index is 0.211. The summed E-state index contributed by atoms with van der Waals surface area (Å²) in [6, 6.07) is 9.73. The van der Waals surface area contributed by atoms with Gasteiger partial charge in [0, 0.05) is 12.4 Å². The molecule has 0 amide bonds. The van der Waals surface area contributed by atoms with Gasteiger partial charge in [0.15, 0.2) is 0 Å². The molecule has 5 nitrogen and oxygen atoms in total. The number of nitrogens with zero attached hydrogens (tertiary/aromatic N) is 3. The van der Waals surface area contributed by atoms with Gasteiger partial charge in [-0.25, -0.2) is 9.67 Å². The molecule has 3 rings (SSSR count). The Hall–Kier alpha value is -2.21. The van der Waals surface area contributed by atoms with E-state index in [1.165, 1.54) is 6.20 Å². The summed E-state index contributed by atoms with van der Waals surface area (Å²) in [6.45, 7) is 0. The van der Waals surface area contributed by atoms with E-state index in [-0.39, 0.29) is 5.56 Å². The molecule has 2 aromatic heterocycles. The van der Waals surface area contributed by atoms with Crippen molar-refractivity contribution in [3.63, 3.8) is 0 Å². The quantitative estimate of drug-likeness (QED) is 0.789. The van der Waals surface area contributed by atoms with Crippen molar-refractivity contribution in [3.8, 4) is 17.1 Å². The van der Waals surface area contributed by atoms with Crippen molar-refractivity contribution in [2.45, 2.75) is 0 Å². The fourth-order valence-corrected chi connectivity index (χ4v) is 1.89. The molecule has 0 bridgehead atoms. The van der Waals surface area contributed by atoms with Crippen molar-refractivity contribution in [3.05, 3.63) is 63.7 Å².